The van der Waals surface area contributed by atoms with E-state index < -0.39 is 41.2 Å². The van der Waals surface area contributed by atoms with Gasteiger partial charge in [-0.25, -0.2) is 0 Å². The van der Waals surface area contributed by atoms with Gasteiger partial charge in [0.1, 0.15) is 0 Å². The molecule has 7 heteroatoms. The Bertz CT molecular complexity index is 1420. The van der Waals surface area contributed by atoms with Gasteiger partial charge < -0.3 is 20.4 Å². The Kier molecular flexibility index (Phi) is 24.6. The molecular weight excluding hydrogens is 716 g/mol. The average Bonchev–Trinajstić information content (AvgIpc) is 3.63. The van der Waals surface area contributed by atoms with Crippen molar-refractivity contribution in [3.63, 3.8) is 0 Å². The van der Waals surface area contributed by atoms with Gasteiger partial charge in [0, 0.05) is 28.4 Å². The fourth-order valence-electron chi connectivity index (χ4n) is 8.42. The molecule has 0 amide bonds. The van der Waals surface area contributed by atoms with Crippen LogP contribution in [0, 0.1) is 23.7 Å². The van der Waals surface area contributed by atoms with Crippen molar-refractivity contribution in [2.24, 2.45) is 23.7 Å². The summed E-state index contributed by atoms with van der Waals surface area (Å²) >= 11 is -2.81. The summed E-state index contributed by atoms with van der Waals surface area (Å²) in [6, 6.07) is 0. The summed E-state index contributed by atoms with van der Waals surface area (Å²) in [5.74, 6) is 2.73. The summed E-state index contributed by atoms with van der Waals surface area (Å²) in [4.78, 5) is 0. The van der Waals surface area contributed by atoms with Gasteiger partial charge >= 0.3 is 282 Å². The third-order valence-corrected chi connectivity index (χ3v) is 31.3. The van der Waals surface area contributed by atoms with Gasteiger partial charge in [0.2, 0.25) is 0 Å². The summed E-state index contributed by atoms with van der Waals surface area (Å²) in [7, 11) is 4.00. The van der Waals surface area contributed by atoms with Crippen LogP contribution in [-0.2, 0) is 34.5 Å². The monoisotopic (exact) mass is 795 g/mol. The molecule has 0 aromatic carbocycles. The van der Waals surface area contributed by atoms with Crippen LogP contribution >= 0.6 is 0 Å². The second-order valence-electron chi connectivity index (χ2n) is 14.5. The van der Waals surface area contributed by atoms with Crippen LogP contribution in [0.2, 0.25) is 13.1 Å². The molecule has 0 radical (unpaired) electrons. The van der Waals surface area contributed by atoms with Crippen molar-refractivity contribution in [1.82, 2.24) is 0 Å². The van der Waals surface area contributed by atoms with E-state index in [1.54, 1.807) is 74.6 Å². The third-order valence-electron chi connectivity index (χ3n) is 12.6. The van der Waals surface area contributed by atoms with Crippen molar-refractivity contribution in [3.05, 3.63) is 82.4 Å². The molecule has 0 saturated heterocycles. The van der Waals surface area contributed by atoms with E-state index in [1.165, 1.54) is 0 Å². The Morgan fingerprint density at radius 3 is 0.725 bits per heavy atom. The topological polar surface area (TPSA) is 80.9 Å². The summed E-state index contributed by atoms with van der Waals surface area (Å²) in [5.41, 5.74) is 19.3. The first kappa shape index (κ1) is 52.4. The van der Waals surface area contributed by atoms with Gasteiger partial charge in [0.25, 0.3) is 0 Å². The van der Waals surface area contributed by atoms with E-state index in [2.05, 4.69) is 135 Å². The van der Waals surface area contributed by atoms with E-state index in [0.717, 1.165) is 28.4 Å². The first-order valence-electron chi connectivity index (χ1n) is 18.7. The van der Waals surface area contributed by atoms with E-state index in [1.807, 2.05) is 7.76 Å². The van der Waals surface area contributed by atoms with Gasteiger partial charge in [0.15, 0.2) is 0 Å². The normalized spacial score (nSPS) is 22.7. The molecule has 0 saturated carbocycles. The molecule has 4 atom stereocenters. The van der Waals surface area contributed by atoms with Crippen LogP contribution in [0.25, 0.3) is 0 Å². The quantitative estimate of drug-likeness (QED) is 0.209. The van der Waals surface area contributed by atoms with E-state index in [0.29, 0.717) is 23.7 Å². The molecular formula is C44H79O4SiTi2. The second kappa shape index (κ2) is 23.9. The van der Waals surface area contributed by atoms with Crippen LogP contribution in [0.4, 0.5) is 0 Å². The summed E-state index contributed by atoms with van der Waals surface area (Å²) < 4.78 is 10.0. The van der Waals surface area contributed by atoms with E-state index in [4.69, 9.17) is 20.4 Å². The van der Waals surface area contributed by atoms with Crippen molar-refractivity contribution in [2.45, 2.75) is 131 Å². The average molecular weight is 796 g/mol. The molecule has 4 rings (SSSR count). The zero-order chi connectivity index (χ0) is 41.0. The minimum absolute atomic E-state index is 0.657. The van der Waals surface area contributed by atoms with Gasteiger partial charge in [0.05, 0.1) is 0 Å². The predicted octanol–water partition coefficient (Wildman–Crippen LogP) is 10.5. The molecule has 0 aromatic heterocycles. The molecule has 4 aliphatic rings. The van der Waals surface area contributed by atoms with Gasteiger partial charge in [-0.1, -0.05) is 0 Å². The molecule has 0 fully saturated rings. The molecule has 51 heavy (non-hydrogen) atoms. The number of allylic oxidation sites excluding steroid dienone is 16. The van der Waals surface area contributed by atoms with Crippen molar-refractivity contribution in [3.8, 4) is 0 Å². The van der Waals surface area contributed by atoms with Crippen molar-refractivity contribution >= 4 is 11.0 Å². The Morgan fingerprint density at radius 1 is 0.392 bits per heavy atom. The van der Waals surface area contributed by atoms with Crippen molar-refractivity contribution < 1.29 is 55.0 Å². The molecule has 0 heterocycles. The van der Waals surface area contributed by atoms with Crippen LogP contribution in [0.5, 0.6) is 0 Å². The van der Waals surface area contributed by atoms with Crippen LogP contribution < -0.4 is 0 Å². The minimum atomic E-state index is -1.48. The summed E-state index contributed by atoms with van der Waals surface area (Å²) in [6.45, 7) is 44.9. The Labute approximate surface area is 329 Å². The molecule has 291 valence electrons. The molecule has 0 spiro atoms. The number of rotatable bonds is 5. The molecule has 0 aliphatic heterocycles. The van der Waals surface area contributed by atoms with Gasteiger partial charge in [-0.2, -0.15) is 0 Å². The van der Waals surface area contributed by atoms with E-state index in [9.17, 15) is 0 Å². The standard InChI is InChI=1S/4C9H13.C2H7Si.C2H4.4CH4O.2Ti/c4*1-6-5-7(2)9(4)8(6)3;1-3-2;5*1-2;;/h4*6H,1-4H3;3H,1-2H3;1H,2H3;4*2H,1H3;;. The Hall–Kier alpha value is -0.725. The first-order valence-corrected chi connectivity index (χ1v) is 28.3. The SMILES string of the molecule is CC1=C(C)C(C)[C]([Ti]([C]2=C(C)C(C)=C(C)C2C)[SiH](C)C)=C1C.CO.CO.CO.CO.C[CH]=[Ti]([C]1=C(C)C(C)=C(C)C1C)[C]1=C(C)C(C)=C(C)C1C. The molecule has 4 nitrogen and oxygen atoms in total. The maximum absolute atomic E-state index is 7.00. The summed E-state index contributed by atoms with van der Waals surface area (Å²) in [5, 5.41) is 28.0. The van der Waals surface area contributed by atoms with Crippen LogP contribution in [0.3, 0.4) is 0 Å². The fraction of sp³-hybridized carbons (Fsp3) is 0.614. The van der Waals surface area contributed by atoms with Crippen molar-refractivity contribution in [2.75, 3.05) is 28.4 Å². The number of hydrogen-bond donors (Lipinski definition) is 4. The molecule has 0 aromatic rings. The van der Waals surface area contributed by atoms with Crippen LogP contribution in [-0.4, -0.2) is 59.8 Å². The van der Waals surface area contributed by atoms with E-state index >= 15 is 0 Å². The Morgan fingerprint density at radius 2 is 0.588 bits per heavy atom. The van der Waals surface area contributed by atoms with Gasteiger partial charge in [-0.05, 0) is 0 Å². The molecule has 4 aliphatic carbocycles. The zero-order valence-electron chi connectivity index (χ0n) is 37.3. The number of aliphatic hydroxyl groups is 4. The third kappa shape index (κ3) is 10.7. The summed E-state index contributed by atoms with van der Waals surface area (Å²) in [6.07, 6.45) is 0. The maximum atomic E-state index is 7.00. The van der Waals surface area contributed by atoms with Crippen LogP contribution in [0.15, 0.2) is 82.4 Å². The number of aliphatic hydroxyl groups excluding tert-OH is 4. The van der Waals surface area contributed by atoms with Crippen molar-refractivity contribution in [1.29, 1.82) is 0 Å². The Balaban J connectivity index is 0. The fourth-order valence-corrected chi connectivity index (χ4v) is 29.2. The number of hydrogen-bond acceptors (Lipinski definition) is 4. The van der Waals surface area contributed by atoms with E-state index in [-0.39, 0.29) is 0 Å². The van der Waals surface area contributed by atoms with Gasteiger partial charge in [-0.15, -0.1) is 0 Å². The predicted molar refractivity (Wildman–Crippen MR) is 224 cm³/mol. The molecule has 4 N–H and O–H groups in total. The van der Waals surface area contributed by atoms with Gasteiger partial charge in [-0.3, -0.25) is 0 Å². The zero-order valence-corrected chi connectivity index (χ0v) is 41.5. The molecule has 0 bridgehead atoms. The van der Waals surface area contributed by atoms with Crippen LogP contribution in [0.1, 0.15) is 118 Å². The first-order chi connectivity index (χ1) is 23.8. The molecule has 4 unspecified atom stereocenters. The second-order valence-corrected chi connectivity index (χ2v) is 31.5.